The molecule has 0 aliphatic rings. The van der Waals surface area contributed by atoms with Crippen molar-refractivity contribution in [1.29, 1.82) is 0 Å². The van der Waals surface area contributed by atoms with Gasteiger partial charge in [-0.2, -0.15) is 0 Å². The van der Waals surface area contributed by atoms with Crippen molar-refractivity contribution in [3.05, 3.63) is 40.1 Å². The molecule has 2 aromatic rings. The van der Waals surface area contributed by atoms with Gasteiger partial charge in [0, 0.05) is 0 Å². The Morgan fingerprint density at radius 2 is 2.20 bits per heavy atom. The summed E-state index contributed by atoms with van der Waals surface area (Å²) in [4.78, 5) is 23.8. The normalized spacial score (nSPS) is 10.4. The van der Waals surface area contributed by atoms with Crippen molar-refractivity contribution in [3.8, 4) is 0 Å². The summed E-state index contributed by atoms with van der Waals surface area (Å²) in [5.41, 5.74) is 5.72. The third-order valence-electron chi connectivity index (χ3n) is 2.16. The molecule has 1 aromatic carbocycles. The number of aromatic amines is 1. The van der Waals surface area contributed by atoms with E-state index in [1.165, 1.54) is 12.3 Å². The topological polar surface area (TPSA) is 102 Å². The molecule has 0 fully saturated rings. The maximum absolute atomic E-state index is 11.0. The van der Waals surface area contributed by atoms with Crippen molar-refractivity contribution in [1.82, 2.24) is 4.98 Å². The van der Waals surface area contributed by atoms with E-state index in [-0.39, 0.29) is 11.3 Å². The van der Waals surface area contributed by atoms with Crippen molar-refractivity contribution >= 4 is 22.5 Å². The fourth-order valence-electron chi connectivity index (χ4n) is 1.50. The molecular weight excluding hydrogens is 198 g/mol. The van der Waals surface area contributed by atoms with Gasteiger partial charge in [-0.25, -0.2) is 0 Å². The van der Waals surface area contributed by atoms with E-state index in [1.54, 1.807) is 12.1 Å². The Balaban J connectivity index is 2.80. The molecule has 1 aromatic heterocycles. The number of carbonyl (C=O) groups excluding carboxylic acids is 1. The number of nitrogens with two attached hydrogens (primary N) is 1. The largest absolute Gasteiger partial charge is 0.366 e. The molecule has 0 unspecified atom stereocenters. The van der Waals surface area contributed by atoms with Gasteiger partial charge >= 0.3 is 0 Å². The number of rotatable bonds is 2. The fraction of sp³-hybridized carbons (Fsp3) is 0. The molecule has 2 rings (SSSR count). The van der Waals surface area contributed by atoms with E-state index in [1.807, 2.05) is 0 Å². The number of amides is 1. The number of H-pyrrole nitrogens is 1. The molecule has 76 valence electrons. The van der Waals surface area contributed by atoms with Crippen molar-refractivity contribution in [2.45, 2.75) is 0 Å². The average molecular weight is 205 g/mol. The van der Waals surface area contributed by atoms with Crippen LogP contribution >= 0.6 is 0 Å². The number of primary amides is 1. The molecule has 0 saturated heterocycles. The summed E-state index contributed by atoms with van der Waals surface area (Å²) in [7, 11) is 0. The number of nitrogens with zero attached hydrogens (tertiary/aromatic N) is 1. The van der Waals surface area contributed by atoms with Crippen LogP contribution in [0.2, 0.25) is 0 Å². The molecule has 15 heavy (non-hydrogen) atoms. The lowest BCUT2D eigenvalue weighted by molar-refractivity contribution is -0.383. The predicted octanol–water partition coefficient (Wildman–Crippen LogP) is 1.18. The molecule has 3 N–H and O–H groups in total. The summed E-state index contributed by atoms with van der Waals surface area (Å²) < 4.78 is 0. The average Bonchev–Trinajstić information content (AvgIpc) is 2.59. The third kappa shape index (κ3) is 1.32. The molecule has 0 aliphatic heterocycles. The van der Waals surface area contributed by atoms with Gasteiger partial charge in [0.25, 0.3) is 11.6 Å². The van der Waals surface area contributed by atoms with Crippen LogP contribution < -0.4 is 5.73 Å². The van der Waals surface area contributed by atoms with Crippen molar-refractivity contribution in [2.75, 3.05) is 0 Å². The minimum atomic E-state index is -0.614. The van der Waals surface area contributed by atoms with Crippen LogP contribution in [0.25, 0.3) is 10.9 Å². The number of fused-ring (bicyclic) bond motifs is 1. The van der Waals surface area contributed by atoms with Gasteiger partial charge in [0.15, 0.2) is 0 Å². The lowest BCUT2D eigenvalue weighted by Gasteiger charge is -1.96. The van der Waals surface area contributed by atoms with Crippen molar-refractivity contribution in [3.63, 3.8) is 0 Å². The summed E-state index contributed by atoms with van der Waals surface area (Å²) in [5, 5.41) is 11.0. The van der Waals surface area contributed by atoms with E-state index in [0.29, 0.717) is 10.9 Å². The minimum absolute atomic E-state index is 0.0619. The number of para-hydroxylation sites is 1. The van der Waals surface area contributed by atoms with Crippen LogP contribution in [0.1, 0.15) is 10.4 Å². The monoisotopic (exact) mass is 205 g/mol. The van der Waals surface area contributed by atoms with Gasteiger partial charge in [0.2, 0.25) is 0 Å². The van der Waals surface area contributed by atoms with Crippen LogP contribution in [0.4, 0.5) is 5.69 Å². The van der Waals surface area contributed by atoms with Gasteiger partial charge in [-0.05, 0) is 12.1 Å². The summed E-state index contributed by atoms with van der Waals surface area (Å²) in [5.74, 6) is -0.614. The first kappa shape index (κ1) is 9.20. The Labute approximate surface area is 83.8 Å². The van der Waals surface area contributed by atoms with E-state index < -0.39 is 10.8 Å². The molecule has 1 heterocycles. The van der Waals surface area contributed by atoms with Gasteiger partial charge in [0.1, 0.15) is 0 Å². The van der Waals surface area contributed by atoms with Crippen LogP contribution in [-0.4, -0.2) is 15.8 Å². The maximum Gasteiger partial charge on any atom is 0.294 e. The second-order valence-corrected chi connectivity index (χ2v) is 3.02. The Kier molecular flexibility index (Phi) is 1.89. The van der Waals surface area contributed by atoms with E-state index in [9.17, 15) is 14.9 Å². The first-order valence-electron chi connectivity index (χ1n) is 4.15. The summed E-state index contributed by atoms with van der Waals surface area (Å²) in [6, 6.07) is 4.64. The number of nitro groups is 1. The van der Waals surface area contributed by atoms with Crippen LogP contribution in [0.5, 0.6) is 0 Å². The SMILES string of the molecule is NC(=O)c1cccc2c([N+](=O)[O-])c[nH]c12. The number of carbonyl (C=O) groups is 1. The van der Waals surface area contributed by atoms with Gasteiger partial charge in [-0.1, -0.05) is 6.07 Å². The summed E-state index contributed by atoms with van der Waals surface area (Å²) in [6.07, 6.45) is 1.25. The zero-order valence-electron chi connectivity index (χ0n) is 7.56. The van der Waals surface area contributed by atoms with E-state index in [0.717, 1.165) is 0 Å². The first-order valence-corrected chi connectivity index (χ1v) is 4.15. The van der Waals surface area contributed by atoms with Crippen LogP contribution in [0, 0.1) is 10.1 Å². The first-order chi connectivity index (χ1) is 7.11. The molecule has 0 atom stereocenters. The number of benzene rings is 1. The lowest BCUT2D eigenvalue weighted by Crippen LogP contribution is -2.11. The smallest absolute Gasteiger partial charge is 0.294 e. The molecule has 0 radical (unpaired) electrons. The second kappa shape index (κ2) is 3.09. The predicted molar refractivity (Wildman–Crippen MR) is 53.5 cm³/mol. The summed E-state index contributed by atoms with van der Waals surface area (Å²) in [6.45, 7) is 0. The van der Waals surface area contributed by atoms with Gasteiger partial charge in [0.05, 0.1) is 27.6 Å². The highest BCUT2D eigenvalue weighted by molar-refractivity contribution is 6.07. The second-order valence-electron chi connectivity index (χ2n) is 3.02. The minimum Gasteiger partial charge on any atom is -0.366 e. The van der Waals surface area contributed by atoms with Gasteiger partial charge in [-0.3, -0.25) is 14.9 Å². The Bertz CT molecular complexity index is 559. The molecule has 0 aliphatic carbocycles. The fourth-order valence-corrected chi connectivity index (χ4v) is 1.50. The highest BCUT2D eigenvalue weighted by Crippen LogP contribution is 2.26. The van der Waals surface area contributed by atoms with Gasteiger partial charge < -0.3 is 10.7 Å². The molecule has 1 amide bonds. The molecule has 0 bridgehead atoms. The number of aromatic nitrogens is 1. The van der Waals surface area contributed by atoms with Crippen LogP contribution in [0.3, 0.4) is 0 Å². The van der Waals surface area contributed by atoms with Crippen LogP contribution in [-0.2, 0) is 0 Å². The van der Waals surface area contributed by atoms with Crippen molar-refractivity contribution < 1.29 is 9.72 Å². The quantitative estimate of drug-likeness (QED) is 0.568. The Hall–Kier alpha value is -2.37. The van der Waals surface area contributed by atoms with Crippen LogP contribution in [0.15, 0.2) is 24.4 Å². The molecule has 6 heteroatoms. The zero-order chi connectivity index (χ0) is 11.0. The van der Waals surface area contributed by atoms with Gasteiger partial charge in [-0.15, -0.1) is 0 Å². The summed E-state index contributed by atoms with van der Waals surface area (Å²) >= 11 is 0. The molecular formula is C9H7N3O3. The molecule has 0 spiro atoms. The highest BCUT2D eigenvalue weighted by atomic mass is 16.6. The zero-order valence-corrected chi connectivity index (χ0v) is 7.56. The Morgan fingerprint density at radius 1 is 1.47 bits per heavy atom. The Morgan fingerprint density at radius 3 is 2.80 bits per heavy atom. The molecule has 0 saturated carbocycles. The lowest BCUT2D eigenvalue weighted by atomic mass is 10.1. The van der Waals surface area contributed by atoms with E-state index in [4.69, 9.17) is 5.73 Å². The van der Waals surface area contributed by atoms with Crippen molar-refractivity contribution in [2.24, 2.45) is 5.73 Å². The van der Waals surface area contributed by atoms with E-state index >= 15 is 0 Å². The number of nitrogens with one attached hydrogen (secondary N) is 1. The molecule has 6 nitrogen and oxygen atoms in total. The maximum atomic E-state index is 11.0. The standard InChI is InChI=1S/C9H7N3O3/c10-9(13)6-3-1-2-5-7(12(14)15)4-11-8(5)6/h1-4,11H,(H2,10,13). The third-order valence-corrected chi connectivity index (χ3v) is 2.16. The number of hydrogen-bond donors (Lipinski definition) is 2. The number of hydrogen-bond acceptors (Lipinski definition) is 3. The highest BCUT2D eigenvalue weighted by Gasteiger charge is 2.17. The van der Waals surface area contributed by atoms with E-state index in [2.05, 4.69) is 4.98 Å².